The molecule has 0 saturated carbocycles. The second-order valence-corrected chi connectivity index (χ2v) is 5.07. The highest BCUT2D eigenvalue weighted by molar-refractivity contribution is 7.18. The van der Waals surface area contributed by atoms with Crippen LogP contribution in [0.1, 0.15) is 17.6 Å². The number of nitrogens with one attached hydrogen (secondary N) is 1. The maximum Gasteiger partial charge on any atom is 0.138 e. The van der Waals surface area contributed by atoms with Gasteiger partial charge in [0.15, 0.2) is 0 Å². The van der Waals surface area contributed by atoms with Crippen LogP contribution in [-0.4, -0.2) is 30.2 Å². The molecule has 2 aromatic heterocycles. The van der Waals surface area contributed by atoms with Gasteiger partial charge in [0.1, 0.15) is 16.5 Å². The van der Waals surface area contributed by atoms with Gasteiger partial charge >= 0.3 is 0 Å². The lowest BCUT2D eigenvalue weighted by Crippen LogP contribution is -2.10. The molecule has 2 aromatic rings. The van der Waals surface area contributed by atoms with Crippen LogP contribution in [0.15, 0.2) is 6.07 Å². The Morgan fingerprint density at radius 3 is 2.94 bits per heavy atom. The van der Waals surface area contributed by atoms with E-state index in [1.807, 2.05) is 0 Å². The van der Waals surface area contributed by atoms with E-state index in [0.717, 1.165) is 34.8 Å². The molecule has 0 unspecified atom stereocenters. The molecule has 2 rings (SSSR count). The van der Waals surface area contributed by atoms with Gasteiger partial charge in [0.2, 0.25) is 0 Å². The van der Waals surface area contributed by atoms with Crippen LogP contribution in [0.4, 0.5) is 5.82 Å². The van der Waals surface area contributed by atoms with Gasteiger partial charge < -0.3 is 10.1 Å². The molecule has 0 spiro atoms. The third kappa shape index (κ3) is 2.73. The van der Waals surface area contributed by atoms with Gasteiger partial charge in [-0.25, -0.2) is 9.97 Å². The quantitative estimate of drug-likeness (QED) is 0.830. The van der Waals surface area contributed by atoms with Gasteiger partial charge in [-0.2, -0.15) is 0 Å². The van der Waals surface area contributed by atoms with Gasteiger partial charge in [-0.3, -0.25) is 0 Å². The van der Waals surface area contributed by atoms with Gasteiger partial charge in [0.25, 0.3) is 0 Å². The summed E-state index contributed by atoms with van der Waals surface area (Å²) < 4.78 is 5.03. The Bertz CT molecular complexity index is 510. The number of fused-ring (bicyclic) bond motifs is 1. The number of aromatic nitrogens is 2. The van der Waals surface area contributed by atoms with E-state index < -0.39 is 0 Å². The largest absolute Gasteiger partial charge is 0.383 e. The van der Waals surface area contributed by atoms with Crippen molar-refractivity contribution in [2.75, 3.05) is 25.6 Å². The highest BCUT2D eigenvalue weighted by Gasteiger charge is 2.09. The van der Waals surface area contributed by atoms with E-state index in [-0.39, 0.29) is 0 Å². The summed E-state index contributed by atoms with van der Waals surface area (Å²) in [7, 11) is 1.70. The molecule has 0 atom stereocenters. The van der Waals surface area contributed by atoms with E-state index in [4.69, 9.17) is 4.74 Å². The SMILES string of the molecule is CCc1nc(NCCOC)c2cc(C)sc2n1. The molecule has 0 fully saturated rings. The van der Waals surface area contributed by atoms with Crippen molar-refractivity contribution in [3.05, 3.63) is 16.8 Å². The Labute approximate surface area is 105 Å². The Morgan fingerprint density at radius 1 is 1.41 bits per heavy atom. The van der Waals surface area contributed by atoms with Gasteiger partial charge in [0.05, 0.1) is 12.0 Å². The van der Waals surface area contributed by atoms with Crippen LogP contribution in [-0.2, 0) is 11.2 Å². The van der Waals surface area contributed by atoms with Gasteiger partial charge in [-0.15, -0.1) is 11.3 Å². The fourth-order valence-electron chi connectivity index (χ4n) is 1.65. The molecule has 17 heavy (non-hydrogen) atoms. The molecule has 0 aliphatic carbocycles. The Kier molecular flexibility index (Phi) is 3.91. The van der Waals surface area contributed by atoms with Crippen LogP contribution in [0.5, 0.6) is 0 Å². The van der Waals surface area contributed by atoms with Crippen molar-refractivity contribution in [2.45, 2.75) is 20.3 Å². The second kappa shape index (κ2) is 5.42. The lowest BCUT2D eigenvalue weighted by Gasteiger charge is -2.07. The normalized spacial score (nSPS) is 11.0. The highest BCUT2D eigenvalue weighted by Crippen LogP contribution is 2.28. The molecule has 0 aliphatic heterocycles. The smallest absolute Gasteiger partial charge is 0.138 e. The molecule has 0 saturated heterocycles. The van der Waals surface area contributed by atoms with Crippen molar-refractivity contribution in [1.29, 1.82) is 0 Å². The number of ether oxygens (including phenoxy) is 1. The van der Waals surface area contributed by atoms with Crippen LogP contribution in [0.25, 0.3) is 10.2 Å². The van der Waals surface area contributed by atoms with E-state index in [1.165, 1.54) is 4.88 Å². The summed E-state index contributed by atoms with van der Waals surface area (Å²) in [5, 5.41) is 4.42. The Morgan fingerprint density at radius 2 is 2.24 bits per heavy atom. The molecule has 1 N–H and O–H groups in total. The number of rotatable bonds is 5. The fraction of sp³-hybridized carbons (Fsp3) is 0.500. The molecule has 2 heterocycles. The van der Waals surface area contributed by atoms with Crippen LogP contribution >= 0.6 is 11.3 Å². The molecule has 0 amide bonds. The number of nitrogens with zero attached hydrogens (tertiary/aromatic N) is 2. The molecule has 5 heteroatoms. The molecule has 0 bridgehead atoms. The summed E-state index contributed by atoms with van der Waals surface area (Å²) >= 11 is 1.71. The first kappa shape index (κ1) is 12.3. The zero-order chi connectivity index (χ0) is 12.3. The zero-order valence-electron chi connectivity index (χ0n) is 10.4. The number of thiophene rings is 1. The number of hydrogen-bond donors (Lipinski definition) is 1. The van der Waals surface area contributed by atoms with Gasteiger partial charge in [-0.1, -0.05) is 6.92 Å². The van der Waals surface area contributed by atoms with Crippen LogP contribution in [0, 0.1) is 6.92 Å². The van der Waals surface area contributed by atoms with Crippen molar-refractivity contribution in [3.63, 3.8) is 0 Å². The topological polar surface area (TPSA) is 47.0 Å². The molecule has 4 nitrogen and oxygen atoms in total. The molecule has 0 aliphatic rings. The second-order valence-electron chi connectivity index (χ2n) is 3.84. The zero-order valence-corrected chi connectivity index (χ0v) is 11.2. The monoisotopic (exact) mass is 251 g/mol. The number of aryl methyl sites for hydroxylation is 2. The van der Waals surface area contributed by atoms with E-state index in [9.17, 15) is 0 Å². The number of hydrogen-bond acceptors (Lipinski definition) is 5. The minimum Gasteiger partial charge on any atom is -0.383 e. The molecular weight excluding hydrogens is 234 g/mol. The minimum atomic E-state index is 0.677. The summed E-state index contributed by atoms with van der Waals surface area (Å²) in [5.41, 5.74) is 0. The lowest BCUT2D eigenvalue weighted by molar-refractivity contribution is 0.210. The molecule has 0 aromatic carbocycles. The summed E-state index contributed by atoms with van der Waals surface area (Å²) in [5.74, 6) is 1.81. The maximum atomic E-state index is 5.03. The first-order valence-corrected chi connectivity index (χ1v) is 6.56. The summed E-state index contributed by atoms with van der Waals surface area (Å²) in [6, 6.07) is 2.13. The average molecular weight is 251 g/mol. The molecular formula is C12H17N3OS. The van der Waals surface area contributed by atoms with E-state index in [0.29, 0.717) is 6.61 Å². The lowest BCUT2D eigenvalue weighted by atomic mass is 10.3. The molecule has 0 radical (unpaired) electrons. The third-order valence-corrected chi connectivity index (χ3v) is 3.42. The van der Waals surface area contributed by atoms with Gasteiger partial charge in [0, 0.05) is 25.0 Å². The van der Waals surface area contributed by atoms with Crippen LogP contribution in [0.2, 0.25) is 0 Å². The van der Waals surface area contributed by atoms with Crippen molar-refractivity contribution >= 4 is 27.4 Å². The summed E-state index contributed by atoms with van der Waals surface area (Å²) in [4.78, 5) is 11.4. The number of methoxy groups -OCH3 is 1. The van der Waals surface area contributed by atoms with Crippen molar-refractivity contribution in [1.82, 2.24) is 9.97 Å². The highest BCUT2D eigenvalue weighted by atomic mass is 32.1. The standard InChI is InChI=1S/C12H17N3OS/c1-4-10-14-11(13-5-6-16-3)9-7-8(2)17-12(9)15-10/h7H,4-6H2,1-3H3,(H,13,14,15). The van der Waals surface area contributed by atoms with E-state index >= 15 is 0 Å². The predicted octanol–water partition coefficient (Wildman–Crippen LogP) is 2.62. The third-order valence-electron chi connectivity index (χ3n) is 2.48. The van der Waals surface area contributed by atoms with E-state index in [2.05, 4.69) is 35.2 Å². The fourth-order valence-corrected chi connectivity index (χ4v) is 2.55. The minimum absolute atomic E-state index is 0.677. The van der Waals surface area contributed by atoms with Gasteiger partial charge in [-0.05, 0) is 13.0 Å². The first-order valence-electron chi connectivity index (χ1n) is 5.74. The van der Waals surface area contributed by atoms with Crippen LogP contribution in [0.3, 0.4) is 0 Å². The predicted molar refractivity (Wildman–Crippen MR) is 71.9 cm³/mol. The average Bonchev–Trinajstić information content (AvgIpc) is 2.69. The van der Waals surface area contributed by atoms with Crippen molar-refractivity contribution in [3.8, 4) is 0 Å². The Hall–Kier alpha value is -1.20. The van der Waals surface area contributed by atoms with Crippen LogP contribution < -0.4 is 5.32 Å². The maximum absolute atomic E-state index is 5.03. The van der Waals surface area contributed by atoms with Crippen molar-refractivity contribution in [2.24, 2.45) is 0 Å². The summed E-state index contributed by atoms with van der Waals surface area (Å²) in [6.07, 6.45) is 0.853. The summed E-state index contributed by atoms with van der Waals surface area (Å²) in [6.45, 7) is 5.61. The Balaban J connectivity index is 2.36. The molecule has 92 valence electrons. The van der Waals surface area contributed by atoms with Crippen molar-refractivity contribution < 1.29 is 4.74 Å². The van der Waals surface area contributed by atoms with E-state index in [1.54, 1.807) is 18.4 Å². The number of anilines is 1. The first-order chi connectivity index (χ1) is 8.24.